The molecule has 0 aliphatic carbocycles. The zero-order valence-electron chi connectivity index (χ0n) is 33.2. The van der Waals surface area contributed by atoms with E-state index < -0.39 is 10.8 Å². The Morgan fingerprint density at radius 2 is 0.825 bits per heavy atom. The molecule has 8 rings (SSSR count). The Bertz CT molecular complexity index is 2740. The Kier molecular flexibility index (Phi) is 10.6. The van der Waals surface area contributed by atoms with Crippen LogP contribution in [0.1, 0.15) is 69.9 Å². The van der Waals surface area contributed by atoms with Crippen molar-refractivity contribution in [1.29, 1.82) is 0 Å². The fourth-order valence-corrected chi connectivity index (χ4v) is 7.07. The molecule has 0 amide bonds. The summed E-state index contributed by atoms with van der Waals surface area (Å²) in [5, 5.41) is 0. The summed E-state index contributed by atoms with van der Waals surface area (Å²) in [7, 11) is 0. The maximum Gasteiger partial charge on any atom is 2.00 e. The molecule has 0 N–H and O–H groups in total. The van der Waals surface area contributed by atoms with Crippen LogP contribution in [-0.4, -0.2) is 21.5 Å². The minimum absolute atomic E-state index is 0. The quantitative estimate of drug-likeness (QED) is 0.123. The van der Waals surface area contributed by atoms with E-state index in [-0.39, 0.29) is 36.6 Å². The number of aromatic nitrogens is 4. The van der Waals surface area contributed by atoms with Gasteiger partial charge in [-0.1, -0.05) is 157 Å². The van der Waals surface area contributed by atoms with Crippen LogP contribution >= 0.6 is 0 Å². The van der Waals surface area contributed by atoms with E-state index in [2.05, 4.69) is 36.4 Å². The van der Waals surface area contributed by atoms with E-state index in [1.165, 1.54) is 6.08 Å². The van der Waals surface area contributed by atoms with Gasteiger partial charge in [-0.05, 0) is 69.3 Å². The number of carbonyl (C=O) groups excluding carboxylic acids is 2. The van der Waals surface area contributed by atoms with E-state index in [4.69, 9.17) is 19.9 Å². The van der Waals surface area contributed by atoms with Crippen molar-refractivity contribution in [2.45, 2.75) is 41.5 Å². The summed E-state index contributed by atoms with van der Waals surface area (Å²) in [6.45, 7) is 11.2. The van der Waals surface area contributed by atoms with Crippen molar-refractivity contribution < 1.29 is 29.1 Å². The van der Waals surface area contributed by atoms with Gasteiger partial charge in [-0.15, -0.1) is 22.1 Å². The third-order valence-corrected chi connectivity index (χ3v) is 10.0. The van der Waals surface area contributed by atoms with Crippen LogP contribution < -0.4 is 9.97 Å². The van der Waals surface area contributed by atoms with Crippen molar-refractivity contribution in [1.82, 2.24) is 19.9 Å². The van der Waals surface area contributed by atoms with Crippen molar-refractivity contribution in [3.05, 3.63) is 150 Å². The minimum atomic E-state index is -0.808. The van der Waals surface area contributed by atoms with E-state index in [9.17, 15) is 9.59 Å². The van der Waals surface area contributed by atoms with Crippen molar-refractivity contribution >= 4 is 63.5 Å². The maximum absolute atomic E-state index is 14.6. The molecule has 3 aromatic carbocycles. The molecular formula is C50H42N4O2Zn. The summed E-state index contributed by atoms with van der Waals surface area (Å²) < 4.78 is 0. The Labute approximate surface area is 346 Å². The molecule has 0 atom stereocenters. The molecule has 2 aliphatic heterocycles. The topological polar surface area (TPSA) is 88.1 Å². The van der Waals surface area contributed by atoms with E-state index in [1.807, 2.05) is 145 Å². The molecule has 2 aliphatic rings. The summed E-state index contributed by atoms with van der Waals surface area (Å²) in [5.41, 5.74) is 10.2. The van der Waals surface area contributed by atoms with Gasteiger partial charge in [-0.2, -0.15) is 0 Å². The molecule has 6 aromatic rings. The molecule has 276 valence electrons. The summed E-state index contributed by atoms with van der Waals surface area (Å²) >= 11 is 0. The number of allylic oxidation sites excluding steroid dienone is 2. The number of rotatable bonds is 6. The predicted molar refractivity (Wildman–Crippen MR) is 230 cm³/mol. The monoisotopic (exact) mass is 794 g/mol. The number of Topliss-reactive ketones (excluding diaryl/α,β-unsaturated/α-hetero) is 1. The fourth-order valence-electron chi connectivity index (χ4n) is 7.07. The summed E-state index contributed by atoms with van der Waals surface area (Å²) in [5.74, 6) is -0.342. The van der Waals surface area contributed by atoms with Crippen LogP contribution in [0, 0.1) is 10.8 Å². The second kappa shape index (κ2) is 15.5. The summed E-state index contributed by atoms with van der Waals surface area (Å²) in [6.07, 6.45) is 9.46. The molecule has 0 spiro atoms. The standard InChI is InChI=1S/C50H44N4O2.Zn/c1-49(2,3)43(55)30-34(48(56)50(4,5)6)47-41-28-26-39(53-41)45(32-18-12-8-13-19-32)37-24-22-35(51-37)44(31-16-10-7-11-17-31)36-23-25-38(52-36)46(33-20-14-9-15-21-33)40-27-29-42(47)54-40;/h7-30H,1-6H3,(H2,51,52,53,54,55,56);/q;+2/p-2. The van der Waals surface area contributed by atoms with Crippen molar-refractivity contribution in [3.63, 3.8) is 0 Å². The van der Waals surface area contributed by atoms with Crippen LogP contribution in [0.15, 0.2) is 121 Å². The molecular weight excluding hydrogens is 754 g/mol. The van der Waals surface area contributed by atoms with Crippen LogP contribution in [0.2, 0.25) is 0 Å². The Balaban J connectivity index is 0.00000496. The zero-order chi connectivity index (χ0) is 39.2. The Morgan fingerprint density at radius 3 is 1.21 bits per heavy atom. The first kappa shape index (κ1) is 39.2. The zero-order valence-corrected chi connectivity index (χ0v) is 36.1. The van der Waals surface area contributed by atoms with Crippen LogP contribution in [0.3, 0.4) is 0 Å². The van der Waals surface area contributed by atoms with Gasteiger partial charge >= 0.3 is 19.5 Å². The first-order valence-corrected chi connectivity index (χ1v) is 18.9. The number of carbonyl (C=O) groups is 2. The second-order valence-corrected chi connectivity index (χ2v) is 16.2. The minimum Gasteiger partial charge on any atom is -0.657 e. The normalized spacial score (nSPS) is 12.7. The third-order valence-electron chi connectivity index (χ3n) is 10.0. The first-order valence-electron chi connectivity index (χ1n) is 18.9. The molecule has 0 saturated carbocycles. The van der Waals surface area contributed by atoms with Crippen LogP contribution in [0.4, 0.5) is 0 Å². The summed E-state index contributed by atoms with van der Waals surface area (Å²) in [4.78, 5) is 49.6. The van der Waals surface area contributed by atoms with E-state index >= 15 is 0 Å². The molecule has 8 bridgehead atoms. The molecule has 0 unspecified atom stereocenters. The molecule has 7 heteroatoms. The third kappa shape index (κ3) is 7.73. The van der Waals surface area contributed by atoms with E-state index in [0.29, 0.717) is 28.0 Å². The van der Waals surface area contributed by atoms with Gasteiger partial charge in [0.1, 0.15) is 0 Å². The molecule has 3 aromatic heterocycles. The second-order valence-electron chi connectivity index (χ2n) is 16.2. The smallest absolute Gasteiger partial charge is 0.657 e. The predicted octanol–water partition coefficient (Wildman–Crippen LogP) is 11.5. The SMILES string of the molecule is CC(C)(C)C(=O)/C=C(\C(=O)C(C)(C)C)c1c2nc(c(-c3ccccc3)c3ccc([n-]3)c(-c3ccccc3)c3nc(c(-c4ccccc4)c4ccc1[n-]4)C=C3)C=C2.[Zn+2]. The molecule has 0 fully saturated rings. The number of nitrogens with zero attached hydrogens (tertiary/aromatic N) is 4. The maximum atomic E-state index is 14.6. The molecule has 6 nitrogen and oxygen atoms in total. The Morgan fingerprint density at radius 1 is 0.474 bits per heavy atom. The number of hydrogen-bond acceptors (Lipinski definition) is 4. The van der Waals surface area contributed by atoms with Gasteiger partial charge in [0.15, 0.2) is 11.6 Å². The average Bonchev–Trinajstić information content (AvgIpc) is 4.02. The van der Waals surface area contributed by atoms with Crippen LogP contribution in [0.5, 0.6) is 0 Å². The molecule has 0 saturated heterocycles. The number of fused-ring (bicyclic) bond motifs is 8. The van der Waals surface area contributed by atoms with E-state index in [1.54, 1.807) is 0 Å². The van der Waals surface area contributed by atoms with Gasteiger partial charge in [0.2, 0.25) is 0 Å². The van der Waals surface area contributed by atoms with Crippen molar-refractivity contribution in [3.8, 4) is 33.4 Å². The van der Waals surface area contributed by atoms with Gasteiger partial charge in [0.25, 0.3) is 0 Å². The molecule has 0 radical (unpaired) electrons. The number of ketones is 2. The van der Waals surface area contributed by atoms with Gasteiger partial charge in [-0.25, -0.2) is 9.97 Å². The van der Waals surface area contributed by atoms with Crippen LogP contribution in [0.25, 0.3) is 85.3 Å². The number of benzene rings is 3. The molecule has 5 heterocycles. The Hall–Kier alpha value is -6.04. The van der Waals surface area contributed by atoms with Gasteiger partial charge in [-0.3, -0.25) is 9.59 Å². The van der Waals surface area contributed by atoms with Crippen LogP contribution in [-0.2, 0) is 29.1 Å². The van der Waals surface area contributed by atoms with E-state index in [0.717, 1.165) is 55.8 Å². The first-order chi connectivity index (χ1) is 26.9. The number of hydrogen-bond donors (Lipinski definition) is 0. The molecule has 57 heavy (non-hydrogen) atoms. The van der Waals surface area contributed by atoms with Crippen molar-refractivity contribution in [2.75, 3.05) is 0 Å². The fraction of sp³-hybridized carbons (Fsp3) is 0.160. The van der Waals surface area contributed by atoms with Crippen molar-refractivity contribution in [2.24, 2.45) is 10.8 Å². The average molecular weight is 796 g/mol. The largest absolute Gasteiger partial charge is 2.00 e. The van der Waals surface area contributed by atoms with Gasteiger partial charge in [0, 0.05) is 16.4 Å². The van der Waals surface area contributed by atoms with Gasteiger partial charge < -0.3 is 9.97 Å². The van der Waals surface area contributed by atoms with Gasteiger partial charge in [0.05, 0.1) is 22.8 Å². The summed E-state index contributed by atoms with van der Waals surface area (Å²) in [6, 6.07) is 38.4.